The van der Waals surface area contributed by atoms with Crippen LogP contribution in [0.1, 0.15) is 39.1 Å². The van der Waals surface area contributed by atoms with Crippen molar-refractivity contribution in [3.63, 3.8) is 0 Å². The molecule has 2 N–H and O–H groups in total. The standard InChI is InChI=1S/C23H26N4O4/c1-24-23(26-12-10-16-8-9-19-20(14-16)31-15-30-19)25-11-4-5-13-27-21(28)17-6-2-3-7-18(17)22(27)29/h2-3,6-9,14H,4-5,10-13,15H2,1H3,(H2,24,25,26). The number of imide groups is 1. The molecule has 31 heavy (non-hydrogen) atoms. The lowest BCUT2D eigenvalue weighted by Gasteiger charge is -2.15. The first-order valence-corrected chi connectivity index (χ1v) is 10.5. The summed E-state index contributed by atoms with van der Waals surface area (Å²) >= 11 is 0. The topological polar surface area (TPSA) is 92.3 Å². The molecule has 2 aliphatic heterocycles. The maximum atomic E-state index is 12.4. The van der Waals surface area contributed by atoms with Gasteiger partial charge in [-0.05, 0) is 49.1 Å². The second-order valence-electron chi connectivity index (χ2n) is 7.38. The molecule has 8 nitrogen and oxygen atoms in total. The Hall–Kier alpha value is -3.55. The van der Waals surface area contributed by atoms with E-state index in [1.165, 1.54) is 4.90 Å². The molecule has 0 aliphatic carbocycles. The average Bonchev–Trinajstić information content (AvgIpc) is 3.35. The Morgan fingerprint density at radius 3 is 2.42 bits per heavy atom. The molecule has 0 radical (unpaired) electrons. The summed E-state index contributed by atoms with van der Waals surface area (Å²) in [5.74, 6) is 1.90. The lowest BCUT2D eigenvalue weighted by Crippen LogP contribution is -2.39. The van der Waals surface area contributed by atoms with Crippen molar-refractivity contribution < 1.29 is 19.1 Å². The third kappa shape index (κ3) is 4.63. The number of aliphatic imine (C=N–C) groups is 1. The van der Waals surface area contributed by atoms with Gasteiger partial charge in [-0.1, -0.05) is 18.2 Å². The Morgan fingerprint density at radius 2 is 1.68 bits per heavy atom. The highest BCUT2D eigenvalue weighted by molar-refractivity contribution is 6.21. The number of hydrogen-bond acceptors (Lipinski definition) is 5. The first kappa shape index (κ1) is 20.7. The summed E-state index contributed by atoms with van der Waals surface area (Å²) in [4.78, 5) is 30.3. The number of ether oxygens (including phenoxy) is 2. The van der Waals surface area contributed by atoms with Crippen molar-refractivity contribution in [2.75, 3.05) is 33.5 Å². The Morgan fingerprint density at radius 1 is 0.968 bits per heavy atom. The Bertz CT molecular complexity index is 970. The number of benzene rings is 2. The predicted molar refractivity (Wildman–Crippen MR) is 117 cm³/mol. The largest absolute Gasteiger partial charge is 0.454 e. The Labute approximate surface area is 181 Å². The summed E-state index contributed by atoms with van der Waals surface area (Å²) in [6.07, 6.45) is 2.38. The van der Waals surface area contributed by atoms with Crippen LogP contribution in [-0.4, -0.2) is 56.1 Å². The first-order valence-electron chi connectivity index (χ1n) is 10.5. The first-order chi connectivity index (χ1) is 15.2. The van der Waals surface area contributed by atoms with E-state index in [0.29, 0.717) is 24.2 Å². The number of nitrogens with one attached hydrogen (secondary N) is 2. The fraction of sp³-hybridized carbons (Fsp3) is 0.348. The normalized spacial score (nSPS) is 14.7. The summed E-state index contributed by atoms with van der Waals surface area (Å²) in [6.45, 7) is 2.13. The van der Waals surface area contributed by atoms with Gasteiger partial charge >= 0.3 is 0 Å². The maximum absolute atomic E-state index is 12.4. The van der Waals surface area contributed by atoms with E-state index in [9.17, 15) is 9.59 Å². The molecule has 0 bridgehead atoms. The van der Waals surface area contributed by atoms with Gasteiger partial charge in [0.25, 0.3) is 11.8 Å². The number of guanidine groups is 1. The lowest BCUT2D eigenvalue weighted by atomic mass is 10.1. The highest BCUT2D eigenvalue weighted by atomic mass is 16.7. The summed E-state index contributed by atoms with van der Waals surface area (Å²) in [5.41, 5.74) is 2.16. The molecule has 162 valence electrons. The molecule has 0 saturated heterocycles. The van der Waals surface area contributed by atoms with Crippen LogP contribution in [0, 0.1) is 0 Å². The van der Waals surface area contributed by atoms with Gasteiger partial charge < -0.3 is 20.1 Å². The van der Waals surface area contributed by atoms with Crippen LogP contribution in [0.4, 0.5) is 0 Å². The molecule has 0 atom stereocenters. The van der Waals surface area contributed by atoms with Crippen LogP contribution < -0.4 is 20.1 Å². The van der Waals surface area contributed by atoms with Crippen LogP contribution in [0.25, 0.3) is 0 Å². The highest BCUT2D eigenvalue weighted by Gasteiger charge is 2.34. The van der Waals surface area contributed by atoms with Crippen LogP contribution in [-0.2, 0) is 6.42 Å². The molecule has 4 rings (SSSR count). The van der Waals surface area contributed by atoms with Crippen molar-refractivity contribution in [1.82, 2.24) is 15.5 Å². The van der Waals surface area contributed by atoms with E-state index in [4.69, 9.17) is 9.47 Å². The molecule has 2 aromatic carbocycles. The van der Waals surface area contributed by atoms with E-state index in [2.05, 4.69) is 15.6 Å². The van der Waals surface area contributed by atoms with Crippen molar-refractivity contribution >= 4 is 17.8 Å². The zero-order valence-corrected chi connectivity index (χ0v) is 17.5. The predicted octanol–water partition coefficient (Wildman–Crippen LogP) is 2.20. The minimum atomic E-state index is -0.199. The highest BCUT2D eigenvalue weighted by Crippen LogP contribution is 2.32. The average molecular weight is 422 g/mol. The number of unbranched alkanes of at least 4 members (excludes halogenated alkanes) is 1. The van der Waals surface area contributed by atoms with Crippen LogP contribution in [0.2, 0.25) is 0 Å². The number of hydrogen-bond donors (Lipinski definition) is 2. The summed E-state index contributed by atoms with van der Waals surface area (Å²) < 4.78 is 10.7. The van der Waals surface area contributed by atoms with Crippen molar-refractivity contribution in [3.05, 3.63) is 59.2 Å². The number of amides is 2. The molecule has 2 amide bonds. The molecule has 0 saturated carbocycles. The fourth-order valence-corrected chi connectivity index (χ4v) is 3.69. The zero-order valence-electron chi connectivity index (χ0n) is 17.5. The molecular formula is C23H26N4O4. The van der Waals surface area contributed by atoms with Gasteiger partial charge in [0.1, 0.15) is 0 Å². The van der Waals surface area contributed by atoms with Gasteiger partial charge in [-0.3, -0.25) is 19.5 Å². The van der Waals surface area contributed by atoms with Gasteiger partial charge in [-0.2, -0.15) is 0 Å². The summed E-state index contributed by atoms with van der Waals surface area (Å²) in [7, 11) is 1.73. The third-order valence-electron chi connectivity index (χ3n) is 5.35. The smallest absolute Gasteiger partial charge is 0.261 e. The maximum Gasteiger partial charge on any atom is 0.261 e. The SMILES string of the molecule is CN=C(NCCCCN1C(=O)c2ccccc2C1=O)NCCc1ccc2c(c1)OCO2. The van der Waals surface area contributed by atoms with Gasteiger partial charge in [0.2, 0.25) is 6.79 Å². The number of fused-ring (bicyclic) bond motifs is 2. The minimum absolute atomic E-state index is 0.199. The monoisotopic (exact) mass is 422 g/mol. The van der Waals surface area contributed by atoms with Gasteiger partial charge in [0, 0.05) is 26.7 Å². The molecule has 0 spiro atoms. The van der Waals surface area contributed by atoms with Gasteiger partial charge in [-0.15, -0.1) is 0 Å². The van der Waals surface area contributed by atoms with Crippen LogP contribution in [0.5, 0.6) is 11.5 Å². The summed E-state index contributed by atoms with van der Waals surface area (Å²) in [6, 6.07) is 12.9. The zero-order chi connectivity index (χ0) is 21.6. The molecule has 0 fully saturated rings. The van der Waals surface area contributed by atoms with Crippen LogP contribution in [0.3, 0.4) is 0 Å². The quantitative estimate of drug-likeness (QED) is 0.293. The Kier molecular flexibility index (Phi) is 6.35. The molecular weight excluding hydrogens is 396 g/mol. The van der Waals surface area contributed by atoms with E-state index >= 15 is 0 Å². The van der Waals surface area contributed by atoms with E-state index in [1.807, 2.05) is 18.2 Å². The minimum Gasteiger partial charge on any atom is -0.454 e. The second kappa shape index (κ2) is 9.51. The van der Waals surface area contributed by atoms with Crippen molar-refractivity contribution in [3.8, 4) is 11.5 Å². The van der Waals surface area contributed by atoms with Crippen LogP contribution in [0.15, 0.2) is 47.5 Å². The lowest BCUT2D eigenvalue weighted by molar-refractivity contribution is 0.0652. The fourth-order valence-electron chi connectivity index (χ4n) is 3.69. The molecule has 0 unspecified atom stereocenters. The van der Waals surface area contributed by atoms with Gasteiger partial charge in [0.15, 0.2) is 17.5 Å². The number of rotatable bonds is 8. The van der Waals surface area contributed by atoms with Crippen molar-refractivity contribution in [1.29, 1.82) is 0 Å². The third-order valence-corrected chi connectivity index (χ3v) is 5.35. The number of carbonyl (C=O) groups is 2. The molecule has 2 aromatic rings. The number of nitrogens with zero attached hydrogens (tertiary/aromatic N) is 2. The van der Waals surface area contributed by atoms with Crippen molar-refractivity contribution in [2.24, 2.45) is 4.99 Å². The van der Waals surface area contributed by atoms with Gasteiger partial charge in [0.05, 0.1) is 11.1 Å². The van der Waals surface area contributed by atoms with E-state index in [0.717, 1.165) is 48.8 Å². The molecule has 2 heterocycles. The van der Waals surface area contributed by atoms with E-state index in [1.54, 1.807) is 31.3 Å². The second-order valence-corrected chi connectivity index (χ2v) is 7.38. The van der Waals surface area contributed by atoms with Gasteiger partial charge in [-0.25, -0.2) is 0 Å². The molecule has 8 heteroatoms. The Balaban J connectivity index is 1.14. The van der Waals surface area contributed by atoms with E-state index < -0.39 is 0 Å². The molecule has 0 aromatic heterocycles. The van der Waals surface area contributed by atoms with E-state index in [-0.39, 0.29) is 18.6 Å². The molecule has 2 aliphatic rings. The summed E-state index contributed by atoms with van der Waals surface area (Å²) in [5, 5.41) is 6.56. The number of carbonyl (C=O) groups excluding carboxylic acids is 2. The van der Waals surface area contributed by atoms with Crippen molar-refractivity contribution in [2.45, 2.75) is 19.3 Å². The van der Waals surface area contributed by atoms with Crippen LogP contribution >= 0.6 is 0 Å².